The number of pyridine rings is 1. The van der Waals surface area contributed by atoms with Gasteiger partial charge in [0.05, 0.1) is 11.1 Å². The number of hydrogen-bond donors (Lipinski definition) is 1. The number of rotatable bonds is 5. The fourth-order valence-electron chi connectivity index (χ4n) is 4.44. The third kappa shape index (κ3) is 4.14. The van der Waals surface area contributed by atoms with E-state index in [1.54, 1.807) is 6.20 Å². The summed E-state index contributed by atoms with van der Waals surface area (Å²) in [6.45, 7) is 0.905. The summed E-state index contributed by atoms with van der Waals surface area (Å²) in [7, 11) is 0. The second-order valence-electron chi connectivity index (χ2n) is 8.12. The summed E-state index contributed by atoms with van der Waals surface area (Å²) in [6, 6.07) is 21.6. The van der Waals surface area contributed by atoms with Crippen LogP contribution in [0.5, 0.6) is 5.75 Å². The Bertz CT molecular complexity index is 1160. The fraction of sp³-hybridized carbons (Fsp3) is 0.269. The lowest BCUT2D eigenvalue weighted by Gasteiger charge is -2.30. The van der Waals surface area contributed by atoms with Crippen molar-refractivity contribution in [1.82, 2.24) is 10.3 Å². The molecule has 3 nitrogen and oxygen atoms in total. The third-order valence-electron chi connectivity index (χ3n) is 6.12. The number of nitrogens with one attached hydrogen (secondary N) is 1. The zero-order chi connectivity index (χ0) is 20.3. The summed E-state index contributed by atoms with van der Waals surface area (Å²) in [5.74, 6) is 0.780. The molecule has 0 amide bonds. The molecule has 0 radical (unpaired) electrons. The summed E-state index contributed by atoms with van der Waals surface area (Å²) >= 11 is 6.45. The van der Waals surface area contributed by atoms with Crippen LogP contribution in [-0.4, -0.2) is 17.1 Å². The van der Waals surface area contributed by atoms with Gasteiger partial charge in [0.15, 0.2) is 0 Å². The molecular weight excluding hydrogens is 392 g/mol. The van der Waals surface area contributed by atoms with Gasteiger partial charge in [0, 0.05) is 30.4 Å². The largest absolute Gasteiger partial charge is 0.489 e. The average Bonchev–Trinajstić information content (AvgIpc) is 2.79. The van der Waals surface area contributed by atoms with Crippen LogP contribution in [-0.2, 0) is 6.54 Å². The first-order chi connectivity index (χ1) is 14.8. The van der Waals surface area contributed by atoms with Crippen LogP contribution in [0.1, 0.15) is 31.2 Å². The second kappa shape index (κ2) is 8.63. The molecule has 3 aromatic carbocycles. The molecule has 1 saturated carbocycles. The van der Waals surface area contributed by atoms with Crippen molar-refractivity contribution in [3.8, 4) is 5.75 Å². The molecule has 0 unspecified atom stereocenters. The highest BCUT2D eigenvalue weighted by Crippen LogP contribution is 2.33. The van der Waals surface area contributed by atoms with Crippen molar-refractivity contribution >= 4 is 33.1 Å². The molecule has 1 heterocycles. The van der Waals surface area contributed by atoms with Crippen molar-refractivity contribution in [3.05, 3.63) is 83.6 Å². The molecule has 1 N–H and O–H groups in total. The molecule has 4 aromatic rings. The number of hydrogen-bond acceptors (Lipinski definition) is 3. The minimum atomic E-state index is 0.220. The lowest BCUT2D eigenvalue weighted by Crippen LogP contribution is -2.36. The van der Waals surface area contributed by atoms with E-state index >= 15 is 0 Å². The monoisotopic (exact) mass is 416 g/mol. The Morgan fingerprint density at radius 1 is 0.900 bits per heavy atom. The molecule has 0 spiro atoms. The summed E-state index contributed by atoms with van der Waals surface area (Å²) in [5, 5.41) is 9.21. The van der Waals surface area contributed by atoms with Crippen molar-refractivity contribution in [2.45, 2.75) is 44.4 Å². The lowest BCUT2D eigenvalue weighted by molar-refractivity contribution is 0.139. The zero-order valence-corrected chi connectivity index (χ0v) is 17.6. The van der Waals surface area contributed by atoms with E-state index in [9.17, 15) is 0 Å². The highest BCUT2D eigenvalue weighted by Gasteiger charge is 2.23. The fourth-order valence-corrected chi connectivity index (χ4v) is 4.66. The highest BCUT2D eigenvalue weighted by molar-refractivity contribution is 6.32. The molecular formula is C26H25ClN2O. The number of aromatic nitrogens is 1. The summed E-state index contributed by atoms with van der Waals surface area (Å²) in [5.41, 5.74) is 1.36. The van der Waals surface area contributed by atoms with Crippen molar-refractivity contribution in [3.63, 3.8) is 0 Å². The molecule has 0 bridgehead atoms. The van der Waals surface area contributed by atoms with E-state index in [-0.39, 0.29) is 6.10 Å². The number of fused-ring (bicyclic) bond motifs is 2. The quantitative estimate of drug-likeness (QED) is 0.402. The molecule has 1 fully saturated rings. The number of nitrogens with zero attached hydrogens (tertiary/aromatic N) is 1. The van der Waals surface area contributed by atoms with E-state index < -0.39 is 0 Å². The van der Waals surface area contributed by atoms with E-state index in [0.717, 1.165) is 48.8 Å². The molecule has 5 rings (SSSR count). The van der Waals surface area contributed by atoms with E-state index in [0.29, 0.717) is 11.1 Å². The Hall–Kier alpha value is -2.62. The Labute approximate surface area is 182 Å². The first-order valence-corrected chi connectivity index (χ1v) is 11.0. The van der Waals surface area contributed by atoms with E-state index in [2.05, 4.69) is 52.8 Å². The van der Waals surface area contributed by atoms with Crippen LogP contribution in [0, 0.1) is 0 Å². The van der Waals surface area contributed by atoms with E-state index in [4.69, 9.17) is 16.3 Å². The van der Waals surface area contributed by atoms with Gasteiger partial charge in [-0.15, -0.1) is 0 Å². The molecule has 0 atom stereocenters. The van der Waals surface area contributed by atoms with Gasteiger partial charge in [-0.3, -0.25) is 4.98 Å². The molecule has 1 aliphatic rings. The Morgan fingerprint density at radius 2 is 1.73 bits per heavy atom. The van der Waals surface area contributed by atoms with Crippen LogP contribution < -0.4 is 10.1 Å². The molecule has 1 aliphatic carbocycles. The highest BCUT2D eigenvalue weighted by atomic mass is 35.5. The van der Waals surface area contributed by atoms with Crippen LogP contribution in [0.4, 0.5) is 0 Å². The second-order valence-corrected chi connectivity index (χ2v) is 8.52. The molecule has 30 heavy (non-hydrogen) atoms. The first-order valence-electron chi connectivity index (χ1n) is 10.7. The lowest BCUT2D eigenvalue weighted by atomic mass is 9.92. The molecule has 0 saturated heterocycles. The van der Waals surface area contributed by atoms with Crippen molar-refractivity contribution in [2.75, 3.05) is 0 Å². The minimum absolute atomic E-state index is 0.220. The zero-order valence-electron chi connectivity index (χ0n) is 16.9. The van der Waals surface area contributed by atoms with Gasteiger partial charge in [-0.05, 0) is 65.6 Å². The van der Waals surface area contributed by atoms with Gasteiger partial charge >= 0.3 is 0 Å². The average molecular weight is 417 g/mol. The maximum atomic E-state index is 6.45. The SMILES string of the molecule is Clc1cc2cnccc2cc1O[C@H]1CC[C@H](NCc2cccc3ccccc23)CC1. The van der Waals surface area contributed by atoms with Crippen LogP contribution in [0.3, 0.4) is 0 Å². The van der Waals surface area contributed by atoms with Crippen LogP contribution in [0.15, 0.2) is 73.1 Å². The van der Waals surface area contributed by atoms with Gasteiger partial charge in [-0.2, -0.15) is 0 Å². The predicted octanol–water partition coefficient (Wildman–Crippen LogP) is 6.52. The smallest absolute Gasteiger partial charge is 0.138 e. The summed E-state index contributed by atoms with van der Waals surface area (Å²) in [6.07, 6.45) is 8.16. The van der Waals surface area contributed by atoms with Gasteiger partial charge in [-0.1, -0.05) is 54.1 Å². The predicted molar refractivity (Wildman–Crippen MR) is 124 cm³/mol. The molecule has 0 aliphatic heterocycles. The van der Waals surface area contributed by atoms with Gasteiger partial charge in [0.25, 0.3) is 0 Å². The van der Waals surface area contributed by atoms with Crippen LogP contribution >= 0.6 is 11.6 Å². The minimum Gasteiger partial charge on any atom is -0.489 e. The third-order valence-corrected chi connectivity index (χ3v) is 6.42. The standard InChI is InChI=1S/C26H25ClN2O/c27-25-14-21-16-28-13-12-19(21)15-26(25)30-23-10-8-22(9-11-23)29-17-20-6-3-5-18-4-1-2-7-24(18)20/h1-7,12-16,22-23,29H,8-11,17H2/t22-,23-. The molecule has 1 aromatic heterocycles. The Kier molecular flexibility index (Phi) is 5.56. The summed E-state index contributed by atoms with van der Waals surface area (Å²) < 4.78 is 6.28. The Balaban J connectivity index is 1.18. The Morgan fingerprint density at radius 3 is 2.63 bits per heavy atom. The van der Waals surface area contributed by atoms with Gasteiger partial charge in [0.1, 0.15) is 5.75 Å². The molecule has 4 heteroatoms. The summed E-state index contributed by atoms with van der Waals surface area (Å²) in [4.78, 5) is 4.16. The van der Waals surface area contributed by atoms with Gasteiger partial charge in [0.2, 0.25) is 0 Å². The normalized spacial score (nSPS) is 19.2. The maximum absolute atomic E-state index is 6.45. The number of halogens is 1. The van der Waals surface area contributed by atoms with Gasteiger partial charge in [-0.25, -0.2) is 0 Å². The van der Waals surface area contributed by atoms with Gasteiger partial charge < -0.3 is 10.1 Å². The van der Waals surface area contributed by atoms with E-state index in [1.165, 1.54) is 16.3 Å². The number of benzene rings is 3. The topological polar surface area (TPSA) is 34.1 Å². The number of ether oxygens (including phenoxy) is 1. The molecule has 152 valence electrons. The van der Waals surface area contributed by atoms with Crippen molar-refractivity contribution < 1.29 is 4.74 Å². The first kappa shape index (κ1) is 19.3. The van der Waals surface area contributed by atoms with Crippen LogP contribution in [0.25, 0.3) is 21.5 Å². The van der Waals surface area contributed by atoms with Crippen molar-refractivity contribution in [2.24, 2.45) is 0 Å². The maximum Gasteiger partial charge on any atom is 0.138 e. The van der Waals surface area contributed by atoms with Crippen LogP contribution in [0.2, 0.25) is 5.02 Å². The van der Waals surface area contributed by atoms with E-state index in [1.807, 2.05) is 24.4 Å². The van der Waals surface area contributed by atoms with Crippen molar-refractivity contribution in [1.29, 1.82) is 0 Å².